The van der Waals surface area contributed by atoms with Crippen LogP contribution in [0.25, 0.3) is 10.4 Å². The van der Waals surface area contributed by atoms with E-state index in [2.05, 4.69) is 15.2 Å². The molecule has 1 heterocycles. The van der Waals surface area contributed by atoms with Gasteiger partial charge in [-0.1, -0.05) is 0 Å². The van der Waals surface area contributed by atoms with Crippen molar-refractivity contribution in [3.8, 4) is 0 Å². The molecule has 0 aliphatic carbocycles. The van der Waals surface area contributed by atoms with Crippen LogP contribution in [-0.4, -0.2) is 34.7 Å². The van der Waals surface area contributed by atoms with Crippen molar-refractivity contribution in [2.24, 2.45) is 10.3 Å². The normalized spacial score (nSPS) is 13.3. The van der Waals surface area contributed by atoms with Gasteiger partial charge in [0.25, 0.3) is 17.5 Å². The predicted octanol–water partition coefficient (Wildman–Crippen LogP) is 2.68. The number of nitro groups is 1. The Morgan fingerprint density at radius 3 is 2.43 bits per heavy atom. The fraction of sp³-hybridized carbons (Fsp3) is 0.333. The molecule has 0 radical (unpaired) electrons. The summed E-state index contributed by atoms with van der Waals surface area (Å²) < 4.78 is 0. The number of nitro benzene ring substituents is 1. The van der Waals surface area contributed by atoms with Crippen LogP contribution < -0.4 is 0 Å². The summed E-state index contributed by atoms with van der Waals surface area (Å²) >= 11 is 0. The topological polar surface area (TPSA) is 159 Å². The second-order valence-electron chi connectivity index (χ2n) is 4.73. The van der Waals surface area contributed by atoms with Crippen molar-refractivity contribution in [1.82, 2.24) is 4.90 Å². The van der Waals surface area contributed by atoms with E-state index in [-0.39, 0.29) is 5.56 Å². The van der Waals surface area contributed by atoms with Crippen LogP contribution in [0.3, 0.4) is 0 Å². The van der Waals surface area contributed by atoms with Crippen molar-refractivity contribution in [3.05, 3.63) is 48.7 Å². The largest absolute Gasteiger partial charge is 0.338 e. The molecule has 2 rings (SSSR count). The van der Waals surface area contributed by atoms with Crippen molar-refractivity contribution in [3.63, 3.8) is 0 Å². The Bertz CT molecular complexity index is 749. The third kappa shape index (κ3) is 3.14. The molecule has 0 saturated carbocycles. The summed E-state index contributed by atoms with van der Waals surface area (Å²) in [6.45, 7) is 0.895. The zero-order valence-electron chi connectivity index (χ0n) is 11.7. The lowest BCUT2D eigenvalue weighted by molar-refractivity contribution is -0.385. The SMILES string of the molecule is [N-]=[N+]=NC(=O)c1cc(C(=O)N2CCCC2)c([N+](=O)[O-])cc1N=O. The second kappa shape index (κ2) is 6.62. The average molecular weight is 318 g/mol. The minimum Gasteiger partial charge on any atom is -0.338 e. The molecule has 118 valence electrons. The molecule has 1 aromatic carbocycles. The Hall–Kier alpha value is -3.33. The van der Waals surface area contributed by atoms with Crippen molar-refractivity contribution in [2.45, 2.75) is 12.8 Å². The van der Waals surface area contributed by atoms with Crippen molar-refractivity contribution in [2.75, 3.05) is 13.1 Å². The van der Waals surface area contributed by atoms with E-state index in [0.717, 1.165) is 25.0 Å². The van der Waals surface area contributed by atoms with Crippen LogP contribution in [-0.2, 0) is 0 Å². The predicted molar refractivity (Wildman–Crippen MR) is 77.2 cm³/mol. The van der Waals surface area contributed by atoms with E-state index in [9.17, 15) is 24.6 Å². The molecule has 0 atom stereocenters. The van der Waals surface area contributed by atoms with E-state index in [0.29, 0.717) is 13.1 Å². The fourth-order valence-electron chi connectivity index (χ4n) is 2.33. The number of nitrogens with zero attached hydrogens (tertiary/aromatic N) is 6. The highest BCUT2D eigenvalue weighted by molar-refractivity contribution is 6.05. The Morgan fingerprint density at radius 2 is 1.91 bits per heavy atom. The second-order valence-corrected chi connectivity index (χ2v) is 4.73. The number of nitroso groups, excluding NO2 is 1. The first-order valence-electron chi connectivity index (χ1n) is 6.54. The molecule has 1 saturated heterocycles. The Labute approximate surface area is 128 Å². The number of amides is 2. The highest BCUT2D eigenvalue weighted by Crippen LogP contribution is 2.31. The van der Waals surface area contributed by atoms with E-state index < -0.39 is 33.7 Å². The molecule has 0 bridgehead atoms. The number of hydrogen-bond acceptors (Lipinski definition) is 6. The van der Waals surface area contributed by atoms with Crippen LogP contribution in [0.15, 0.2) is 22.4 Å². The van der Waals surface area contributed by atoms with Gasteiger partial charge in [0.2, 0.25) is 0 Å². The van der Waals surface area contributed by atoms with Crippen LogP contribution in [0.2, 0.25) is 0 Å². The molecular formula is C12H10N6O5. The number of azide groups is 1. The summed E-state index contributed by atoms with van der Waals surface area (Å²) in [4.78, 5) is 48.9. The van der Waals surface area contributed by atoms with Gasteiger partial charge in [0.05, 0.1) is 10.5 Å². The summed E-state index contributed by atoms with van der Waals surface area (Å²) in [5.41, 5.74) is 6.31. The van der Waals surface area contributed by atoms with Gasteiger partial charge in [-0.3, -0.25) is 19.7 Å². The van der Waals surface area contributed by atoms with Gasteiger partial charge in [-0.2, -0.15) is 0 Å². The molecule has 0 N–H and O–H groups in total. The molecule has 23 heavy (non-hydrogen) atoms. The summed E-state index contributed by atoms with van der Waals surface area (Å²) in [6.07, 6.45) is 1.55. The van der Waals surface area contributed by atoms with Crippen LogP contribution in [0.5, 0.6) is 0 Å². The highest BCUT2D eigenvalue weighted by Gasteiger charge is 2.29. The Balaban J connectivity index is 2.62. The van der Waals surface area contributed by atoms with Crippen molar-refractivity contribution in [1.29, 1.82) is 0 Å². The van der Waals surface area contributed by atoms with Crippen molar-refractivity contribution >= 4 is 23.2 Å². The minimum absolute atomic E-state index is 0.346. The lowest BCUT2D eigenvalue weighted by Crippen LogP contribution is -2.28. The first-order chi connectivity index (χ1) is 11.0. The number of carbonyl (C=O) groups excluding carboxylic acids is 2. The van der Waals surface area contributed by atoms with E-state index in [1.165, 1.54) is 4.90 Å². The highest BCUT2D eigenvalue weighted by atomic mass is 16.6. The van der Waals surface area contributed by atoms with E-state index >= 15 is 0 Å². The number of benzene rings is 1. The maximum Gasteiger partial charge on any atom is 0.284 e. The summed E-state index contributed by atoms with van der Waals surface area (Å²) in [6, 6.07) is 1.61. The van der Waals surface area contributed by atoms with Gasteiger partial charge in [0.15, 0.2) is 0 Å². The molecule has 1 aromatic rings. The zero-order valence-corrected chi connectivity index (χ0v) is 11.7. The Kier molecular flexibility index (Phi) is 4.62. The maximum atomic E-state index is 12.4. The van der Waals surface area contributed by atoms with Gasteiger partial charge < -0.3 is 4.90 Å². The monoisotopic (exact) mass is 318 g/mol. The quantitative estimate of drug-likeness (QED) is 0.208. The number of carbonyl (C=O) groups is 2. The van der Waals surface area contributed by atoms with Crippen LogP contribution in [0, 0.1) is 15.0 Å². The molecule has 1 aliphatic rings. The third-order valence-corrected chi connectivity index (χ3v) is 3.40. The van der Waals surface area contributed by atoms with Gasteiger partial charge >= 0.3 is 0 Å². The Morgan fingerprint density at radius 1 is 1.26 bits per heavy atom. The van der Waals surface area contributed by atoms with Gasteiger partial charge in [-0.05, 0) is 34.7 Å². The molecule has 1 fully saturated rings. The first kappa shape index (κ1) is 16.0. The summed E-state index contributed by atoms with van der Waals surface area (Å²) in [5, 5.41) is 16.5. The molecular weight excluding hydrogens is 308 g/mol. The van der Waals surface area contributed by atoms with Crippen LogP contribution >= 0.6 is 0 Å². The number of hydrogen-bond donors (Lipinski definition) is 0. The zero-order chi connectivity index (χ0) is 17.0. The lowest BCUT2D eigenvalue weighted by atomic mass is 10.0. The lowest BCUT2D eigenvalue weighted by Gasteiger charge is -2.15. The molecule has 2 amide bonds. The number of likely N-dealkylation sites (tertiary alicyclic amines) is 1. The van der Waals surface area contributed by atoms with Gasteiger partial charge in [0.1, 0.15) is 11.3 Å². The standard InChI is InChI=1S/C12H10N6O5/c13-16-14-11(19)7-5-8(12(20)17-3-1-2-4-17)10(18(22)23)6-9(7)15-21/h5-6H,1-4H2. The van der Waals surface area contributed by atoms with Crippen LogP contribution in [0.4, 0.5) is 11.4 Å². The van der Waals surface area contributed by atoms with Gasteiger partial charge in [0, 0.05) is 24.1 Å². The first-order valence-corrected chi connectivity index (χ1v) is 6.54. The molecule has 1 aliphatic heterocycles. The molecule has 11 nitrogen and oxygen atoms in total. The average Bonchev–Trinajstić information content (AvgIpc) is 3.07. The summed E-state index contributed by atoms with van der Waals surface area (Å²) in [7, 11) is 0. The fourth-order valence-corrected chi connectivity index (χ4v) is 2.33. The van der Waals surface area contributed by atoms with Gasteiger partial charge in [-0.25, -0.2) is 0 Å². The maximum absolute atomic E-state index is 12.4. The minimum atomic E-state index is -1.15. The number of rotatable bonds is 4. The summed E-state index contributed by atoms with van der Waals surface area (Å²) in [5.74, 6) is -1.77. The molecule has 0 spiro atoms. The van der Waals surface area contributed by atoms with Gasteiger partial charge in [-0.15, -0.1) is 4.91 Å². The molecule has 11 heteroatoms. The van der Waals surface area contributed by atoms with Crippen molar-refractivity contribution < 1.29 is 14.5 Å². The molecule has 0 aromatic heterocycles. The van der Waals surface area contributed by atoms with E-state index in [4.69, 9.17) is 5.53 Å². The third-order valence-electron chi connectivity index (χ3n) is 3.40. The van der Waals surface area contributed by atoms with E-state index in [1.54, 1.807) is 0 Å². The van der Waals surface area contributed by atoms with Crippen LogP contribution in [0.1, 0.15) is 33.6 Å². The van der Waals surface area contributed by atoms with E-state index in [1.807, 2.05) is 0 Å². The molecule has 0 unspecified atom stereocenters. The smallest absolute Gasteiger partial charge is 0.284 e.